The van der Waals surface area contributed by atoms with Gasteiger partial charge in [0.15, 0.2) is 0 Å². The summed E-state index contributed by atoms with van der Waals surface area (Å²) in [5.74, 6) is 0.975. The molecule has 6 heteroatoms. The molecule has 0 aromatic carbocycles. The maximum atomic E-state index is 13.1. The van der Waals surface area contributed by atoms with Crippen LogP contribution in [0.2, 0.25) is 0 Å². The molecule has 2 aromatic rings. The van der Waals surface area contributed by atoms with Crippen molar-refractivity contribution >= 4 is 11.7 Å². The van der Waals surface area contributed by atoms with Gasteiger partial charge < -0.3 is 9.80 Å². The van der Waals surface area contributed by atoms with E-state index in [0.29, 0.717) is 5.56 Å². The molecule has 1 unspecified atom stereocenters. The number of aryl methyl sites for hydroxylation is 1. The minimum Gasteiger partial charge on any atom is -0.357 e. The topological polar surface area (TPSA) is 62.2 Å². The summed E-state index contributed by atoms with van der Waals surface area (Å²) in [6, 6.07) is 3.77. The van der Waals surface area contributed by atoms with E-state index in [9.17, 15) is 4.79 Å². The van der Waals surface area contributed by atoms with Gasteiger partial charge in [0.2, 0.25) is 0 Å². The van der Waals surface area contributed by atoms with Crippen LogP contribution in [0.25, 0.3) is 0 Å². The second-order valence-corrected chi connectivity index (χ2v) is 6.84. The Kier molecular flexibility index (Phi) is 4.34. The molecule has 4 heterocycles. The van der Waals surface area contributed by atoms with Crippen LogP contribution in [-0.2, 0) is 0 Å². The normalized spacial score (nSPS) is 20.3. The standard InChI is InChI=1S/C19H23N5O/c1-14-12-20-13-16(22-14)17-5-4-10-24(17)19(25)15-6-7-21-18(11-15)23-8-2-3-9-23/h6-7,11-13,17H,2-5,8-10H2,1H3. The molecule has 130 valence electrons. The molecular weight excluding hydrogens is 314 g/mol. The Morgan fingerprint density at radius 3 is 2.80 bits per heavy atom. The van der Waals surface area contributed by atoms with Crippen LogP contribution in [0.5, 0.6) is 0 Å². The van der Waals surface area contributed by atoms with Crippen molar-refractivity contribution in [1.29, 1.82) is 0 Å². The SMILES string of the molecule is Cc1cncc(C2CCCN2C(=O)c2ccnc(N3CCCC3)c2)n1. The lowest BCUT2D eigenvalue weighted by molar-refractivity contribution is 0.0732. The summed E-state index contributed by atoms with van der Waals surface area (Å²) in [6.07, 6.45) is 9.60. The fraction of sp³-hybridized carbons (Fsp3) is 0.474. The van der Waals surface area contributed by atoms with Crippen molar-refractivity contribution in [1.82, 2.24) is 19.9 Å². The minimum absolute atomic E-state index is 0.0169. The van der Waals surface area contributed by atoms with Gasteiger partial charge in [0.05, 0.1) is 23.6 Å². The molecule has 0 bridgehead atoms. The summed E-state index contributed by atoms with van der Waals surface area (Å²) >= 11 is 0. The molecule has 0 N–H and O–H groups in total. The van der Waals surface area contributed by atoms with Crippen molar-refractivity contribution in [3.8, 4) is 0 Å². The smallest absolute Gasteiger partial charge is 0.254 e. The molecule has 2 saturated heterocycles. The second kappa shape index (κ2) is 6.78. The number of carbonyl (C=O) groups is 1. The Morgan fingerprint density at radius 2 is 2.00 bits per heavy atom. The van der Waals surface area contributed by atoms with Gasteiger partial charge in [-0.2, -0.15) is 0 Å². The first-order valence-corrected chi connectivity index (χ1v) is 9.03. The molecule has 25 heavy (non-hydrogen) atoms. The number of aromatic nitrogens is 3. The van der Waals surface area contributed by atoms with E-state index in [-0.39, 0.29) is 11.9 Å². The first-order chi connectivity index (χ1) is 12.2. The lowest BCUT2D eigenvalue weighted by Gasteiger charge is -2.25. The zero-order valence-electron chi connectivity index (χ0n) is 14.6. The number of amides is 1. The molecule has 2 aliphatic heterocycles. The van der Waals surface area contributed by atoms with Crippen LogP contribution in [0.15, 0.2) is 30.7 Å². The van der Waals surface area contributed by atoms with Crippen LogP contribution < -0.4 is 4.90 Å². The molecular formula is C19H23N5O. The quantitative estimate of drug-likeness (QED) is 0.862. The fourth-order valence-electron chi connectivity index (χ4n) is 3.80. The second-order valence-electron chi connectivity index (χ2n) is 6.84. The first kappa shape index (κ1) is 16.0. The lowest BCUT2D eigenvalue weighted by Crippen LogP contribution is -2.31. The van der Waals surface area contributed by atoms with E-state index >= 15 is 0 Å². The molecule has 1 amide bonds. The van der Waals surface area contributed by atoms with E-state index in [1.807, 2.05) is 24.0 Å². The van der Waals surface area contributed by atoms with Crippen LogP contribution in [-0.4, -0.2) is 45.4 Å². The average Bonchev–Trinajstić information content (AvgIpc) is 3.33. The van der Waals surface area contributed by atoms with E-state index in [1.165, 1.54) is 12.8 Å². The van der Waals surface area contributed by atoms with Crippen LogP contribution in [0.4, 0.5) is 5.82 Å². The molecule has 0 spiro atoms. The molecule has 4 rings (SSSR count). The summed E-state index contributed by atoms with van der Waals surface area (Å²) in [5, 5.41) is 0. The first-order valence-electron chi connectivity index (χ1n) is 9.03. The zero-order valence-corrected chi connectivity index (χ0v) is 14.6. The monoisotopic (exact) mass is 337 g/mol. The Morgan fingerprint density at radius 1 is 1.16 bits per heavy atom. The Balaban J connectivity index is 1.58. The highest BCUT2D eigenvalue weighted by Crippen LogP contribution is 2.32. The predicted octanol–water partition coefficient (Wildman–Crippen LogP) is 2.76. The number of hydrogen-bond donors (Lipinski definition) is 0. The Labute approximate surface area is 147 Å². The number of carbonyl (C=O) groups excluding carboxylic acids is 1. The Bertz CT molecular complexity index is 772. The van der Waals surface area contributed by atoms with Gasteiger partial charge in [0.1, 0.15) is 5.82 Å². The van der Waals surface area contributed by atoms with Crippen LogP contribution in [0.1, 0.15) is 53.5 Å². The van der Waals surface area contributed by atoms with Crippen LogP contribution >= 0.6 is 0 Å². The number of rotatable bonds is 3. The maximum absolute atomic E-state index is 13.1. The third kappa shape index (κ3) is 3.21. The summed E-state index contributed by atoms with van der Waals surface area (Å²) in [6.45, 7) is 4.75. The lowest BCUT2D eigenvalue weighted by atomic mass is 10.1. The number of pyridine rings is 1. The van der Waals surface area contributed by atoms with Crippen molar-refractivity contribution in [3.05, 3.63) is 47.7 Å². The largest absolute Gasteiger partial charge is 0.357 e. The van der Waals surface area contributed by atoms with Crippen molar-refractivity contribution in [2.45, 2.75) is 38.6 Å². The van der Waals surface area contributed by atoms with Crippen molar-refractivity contribution in [2.24, 2.45) is 0 Å². The molecule has 0 radical (unpaired) electrons. The maximum Gasteiger partial charge on any atom is 0.254 e. The van der Waals surface area contributed by atoms with Crippen molar-refractivity contribution in [2.75, 3.05) is 24.5 Å². The number of nitrogens with zero attached hydrogens (tertiary/aromatic N) is 5. The summed E-state index contributed by atoms with van der Waals surface area (Å²) in [4.78, 5) is 30.6. The molecule has 0 saturated carbocycles. The summed E-state index contributed by atoms with van der Waals surface area (Å²) in [7, 11) is 0. The molecule has 2 fully saturated rings. The predicted molar refractivity (Wildman–Crippen MR) is 95.5 cm³/mol. The highest BCUT2D eigenvalue weighted by Gasteiger charge is 2.32. The van der Waals surface area contributed by atoms with E-state index in [0.717, 1.165) is 49.7 Å². The minimum atomic E-state index is 0.0169. The van der Waals surface area contributed by atoms with Gasteiger partial charge >= 0.3 is 0 Å². The van der Waals surface area contributed by atoms with Gasteiger partial charge in [-0.3, -0.25) is 14.8 Å². The van der Waals surface area contributed by atoms with E-state index in [1.54, 1.807) is 18.6 Å². The van der Waals surface area contributed by atoms with Crippen molar-refractivity contribution < 1.29 is 4.79 Å². The van der Waals surface area contributed by atoms with Crippen molar-refractivity contribution in [3.63, 3.8) is 0 Å². The number of hydrogen-bond acceptors (Lipinski definition) is 5. The molecule has 2 aromatic heterocycles. The third-order valence-electron chi connectivity index (χ3n) is 5.05. The van der Waals surface area contributed by atoms with Gasteiger partial charge in [-0.15, -0.1) is 0 Å². The van der Waals surface area contributed by atoms with E-state index in [4.69, 9.17) is 0 Å². The molecule has 1 atom stereocenters. The van der Waals surface area contributed by atoms with Crippen LogP contribution in [0, 0.1) is 6.92 Å². The summed E-state index contributed by atoms with van der Waals surface area (Å²) < 4.78 is 0. The number of likely N-dealkylation sites (tertiary alicyclic amines) is 1. The van der Waals surface area contributed by atoms with Gasteiger partial charge in [-0.25, -0.2) is 4.98 Å². The fourth-order valence-corrected chi connectivity index (χ4v) is 3.80. The van der Waals surface area contributed by atoms with Gasteiger partial charge in [0.25, 0.3) is 5.91 Å². The van der Waals surface area contributed by atoms with Crippen LogP contribution in [0.3, 0.4) is 0 Å². The van der Waals surface area contributed by atoms with Gasteiger partial charge in [-0.05, 0) is 44.7 Å². The number of anilines is 1. The van der Waals surface area contributed by atoms with E-state index < -0.39 is 0 Å². The highest BCUT2D eigenvalue weighted by atomic mass is 16.2. The molecule has 6 nitrogen and oxygen atoms in total. The highest BCUT2D eigenvalue weighted by molar-refractivity contribution is 5.95. The van der Waals surface area contributed by atoms with E-state index in [2.05, 4.69) is 19.9 Å². The third-order valence-corrected chi connectivity index (χ3v) is 5.05. The zero-order chi connectivity index (χ0) is 17.2. The summed E-state index contributed by atoms with van der Waals surface area (Å²) in [5.41, 5.74) is 2.49. The molecule has 0 aliphatic carbocycles. The molecule has 2 aliphatic rings. The van der Waals surface area contributed by atoms with Gasteiger partial charge in [0, 0.05) is 37.6 Å². The van der Waals surface area contributed by atoms with Gasteiger partial charge in [-0.1, -0.05) is 0 Å². The average molecular weight is 337 g/mol. The Hall–Kier alpha value is -2.50.